The minimum Gasteiger partial charge on any atom is -0.337 e. The maximum Gasteiger partial charge on any atom is 0.244 e. The number of nitrogens with zero attached hydrogens (tertiary/aromatic N) is 3. The molecule has 6 heteroatoms. The summed E-state index contributed by atoms with van der Waals surface area (Å²) in [6, 6.07) is 8.25. The van der Waals surface area contributed by atoms with E-state index in [2.05, 4.69) is 38.2 Å². The zero-order valence-corrected chi connectivity index (χ0v) is 15.6. The highest BCUT2D eigenvalue weighted by atomic mass is 79.9. The molecule has 3 heterocycles. The summed E-state index contributed by atoms with van der Waals surface area (Å²) in [6.45, 7) is 6.82. The van der Waals surface area contributed by atoms with Crippen LogP contribution < -0.4 is 5.32 Å². The molecule has 2 unspecified atom stereocenters. The van der Waals surface area contributed by atoms with Crippen LogP contribution in [0.2, 0.25) is 0 Å². The van der Waals surface area contributed by atoms with Crippen LogP contribution >= 0.6 is 15.9 Å². The summed E-state index contributed by atoms with van der Waals surface area (Å²) in [5.41, 5.74) is 1.33. The lowest BCUT2D eigenvalue weighted by Gasteiger charge is -2.31. The Hall–Kier alpha value is -1.24. The summed E-state index contributed by atoms with van der Waals surface area (Å²) in [7, 11) is 0. The van der Waals surface area contributed by atoms with Gasteiger partial charge in [0.05, 0.1) is 6.04 Å². The minimum atomic E-state index is 0.256. The first-order chi connectivity index (χ1) is 11.6. The molecule has 24 heavy (non-hydrogen) atoms. The van der Waals surface area contributed by atoms with Gasteiger partial charge in [-0.3, -0.25) is 4.90 Å². The quantitative estimate of drug-likeness (QED) is 0.863. The van der Waals surface area contributed by atoms with Gasteiger partial charge in [-0.2, -0.15) is 4.98 Å². The first kappa shape index (κ1) is 16.2. The molecule has 1 aromatic heterocycles. The van der Waals surface area contributed by atoms with Gasteiger partial charge in [-0.15, -0.1) is 0 Å². The van der Waals surface area contributed by atoms with E-state index in [0.717, 1.165) is 48.5 Å². The Labute approximate surface area is 150 Å². The number of benzene rings is 1. The van der Waals surface area contributed by atoms with Crippen LogP contribution in [0.1, 0.15) is 38.1 Å². The molecule has 0 aliphatic carbocycles. The van der Waals surface area contributed by atoms with Crippen LogP contribution in [0, 0.1) is 5.41 Å². The lowest BCUT2D eigenvalue weighted by molar-refractivity contribution is 0.143. The van der Waals surface area contributed by atoms with Gasteiger partial charge in [0, 0.05) is 23.1 Å². The smallest absolute Gasteiger partial charge is 0.244 e. The molecule has 1 aromatic carbocycles. The Balaban J connectivity index is 1.54. The summed E-state index contributed by atoms with van der Waals surface area (Å²) in [6.07, 6.45) is 3.53. The van der Waals surface area contributed by atoms with Gasteiger partial charge in [-0.25, -0.2) is 0 Å². The highest BCUT2D eigenvalue weighted by molar-refractivity contribution is 9.10. The van der Waals surface area contributed by atoms with E-state index in [-0.39, 0.29) is 6.04 Å². The Morgan fingerprint density at radius 2 is 2.29 bits per heavy atom. The van der Waals surface area contributed by atoms with E-state index in [1.54, 1.807) is 0 Å². The number of likely N-dealkylation sites (tertiary alicyclic amines) is 1. The topological polar surface area (TPSA) is 54.2 Å². The van der Waals surface area contributed by atoms with Gasteiger partial charge in [0.1, 0.15) is 0 Å². The summed E-state index contributed by atoms with van der Waals surface area (Å²) in [5.74, 6) is 1.42. The average Bonchev–Trinajstić information content (AvgIpc) is 3.29. The molecule has 0 amide bonds. The third-order valence-corrected chi connectivity index (χ3v) is 5.94. The second kappa shape index (κ2) is 6.58. The maximum absolute atomic E-state index is 5.65. The molecule has 4 rings (SSSR count). The van der Waals surface area contributed by atoms with E-state index in [1.807, 2.05) is 24.3 Å². The third-order valence-electron chi connectivity index (χ3n) is 5.25. The summed E-state index contributed by atoms with van der Waals surface area (Å²) >= 11 is 3.56. The van der Waals surface area contributed by atoms with Crippen molar-refractivity contribution < 1.29 is 4.52 Å². The van der Waals surface area contributed by atoms with Gasteiger partial charge in [-0.1, -0.05) is 40.1 Å². The normalized spacial score (nSPS) is 27.8. The van der Waals surface area contributed by atoms with Crippen LogP contribution in [0.4, 0.5) is 0 Å². The Bertz CT molecular complexity index is 711. The van der Waals surface area contributed by atoms with Crippen LogP contribution in [0.15, 0.2) is 33.3 Å². The Kier molecular flexibility index (Phi) is 4.45. The van der Waals surface area contributed by atoms with E-state index in [4.69, 9.17) is 9.51 Å². The van der Waals surface area contributed by atoms with Crippen molar-refractivity contribution in [2.75, 3.05) is 26.2 Å². The Morgan fingerprint density at radius 3 is 3.08 bits per heavy atom. The zero-order chi connectivity index (χ0) is 16.6. The summed E-state index contributed by atoms with van der Waals surface area (Å²) < 4.78 is 6.64. The lowest BCUT2D eigenvalue weighted by Crippen LogP contribution is -2.37. The van der Waals surface area contributed by atoms with Gasteiger partial charge in [0.15, 0.2) is 0 Å². The van der Waals surface area contributed by atoms with Crippen molar-refractivity contribution >= 4 is 15.9 Å². The van der Waals surface area contributed by atoms with Gasteiger partial charge >= 0.3 is 0 Å². The van der Waals surface area contributed by atoms with E-state index in [1.165, 1.54) is 12.8 Å². The van der Waals surface area contributed by atoms with Crippen LogP contribution in [0.25, 0.3) is 11.4 Å². The van der Waals surface area contributed by atoms with Crippen molar-refractivity contribution in [1.29, 1.82) is 0 Å². The van der Waals surface area contributed by atoms with Gasteiger partial charge in [-0.05, 0) is 49.9 Å². The molecule has 2 atom stereocenters. The fraction of sp³-hybridized carbons (Fsp3) is 0.556. The number of nitrogens with one attached hydrogen (secondary N) is 1. The van der Waals surface area contributed by atoms with Gasteiger partial charge < -0.3 is 9.84 Å². The molecule has 0 bridgehead atoms. The SMILES string of the molecule is CC1(CN2CCCC2c2nc(-c3ccccc3Br)no2)CCNC1. The predicted molar refractivity (Wildman–Crippen MR) is 96.6 cm³/mol. The monoisotopic (exact) mass is 390 g/mol. The van der Waals surface area contributed by atoms with Crippen molar-refractivity contribution in [3.63, 3.8) is 0 Å². The van der Waals surface area contributed by atoms with Crippen molar-refractivity contribution in [1.82, 2.24) is 20.4 Å². The summed E-state index contributed by atoms with van der Waals surface area (Å²) in [4.78, 5) is 7.24. The first-order valence-corrected chi connectivity index (χ1v) is 9.47. The van der Waals surface area contributed by atoms with Gasteiger partial charge in [0.25, 0.3) is 0 Å². The number of hydrogen-bond acceptors (Lipinski definition) is 5. The van der Waals surface area contributed by atoms with Crippen LogP contribution in [0.5, 0.6) is 0 Å². The summed E-state index contributed by atoms with van der Waals surface area (Å²) in [5, 5.41) is 7.71. The van der Waals surface area contributed by atoms with Crippen molar-refractivity contribution in [2.45, 2.75) is 32.2 Å². The number of halogens is 1. The van der Waals surface area contributed by atoms with Crippen LogP contribution in [-0.4, -0.2) is 41.2 Å². The highest BCUT2D eigenvalue weighted by Crippen LogP contribution is 2.37. The molecule has 0 saturated carbocycles. The lowest BCUT2D eigenvalue weighted by atomic mass is 9.89. The van der Waals surface area contributed by atoms with Crippen molar-refractivity contribution in [3.8, 4) is 11.4 Å². The molecule has 5 nitrogen and oxygen atoms in total. The second-order valence-electron chi connectivity index (χ2n) is 7.30. The number of rotatable bonds is 4. The van der Waals surface area contributed by atoms with Gasteiger partial charge in [0.2, 0.25) is 11.7 Å². The Morgan fingerprint density at radius 1 is 1.42 bits per heavy atom. The van der Waals surface area contributed by atoms with Crippen molar-refractivity contribution in [3.05, 3.63) is 34.6 Å². The second-order valence-corrected chi connectivity index (χ2v) is 8.16. The third kappa shape index (κ3) is 3.15. The first-order valence-electron chi connectivity index (χ1n) is 8.68. The fourth-order valence-corrected chi connectivity index (χ4v) is 4.37. The molecule has 0 radical (unpaired) electrons. The zero-order valence-electron chi connectivity index (χ0n) is 14.0. The molecule has 2 aliphatic rings. The molecule has 2 fully saturated rings. The molecular formula is C18H23BrN4O. The van der Waals surface area contributed by atoms with E-state index < -0.39 is 0 Å². The molecule has 2 saturated heterocycles. The van der Waals surface area contributed by atoms with Crippen LogP contribution in [0.3, 0.4) is 0 Å². The molecular weight excluding hydrogens is 368 g/mol. The maximum atomic E-state index is 5.65. The van der Waals surface area contributed by atoms with Crippen LogP contribution in [-0.2, 0) is 0 Å². The molecule has 2 aliphatic heterocycles. The highest BCUT2D eigenvalue weighted by Gasteiger charge is 2.37. The molecule has 2 aromatic rings. The average molecular weight is 391 g/mol. The standard InChI is InChI=1S/C18H23BrN4O/c1-18(8-9-20-11-18)12-23-10-4-7-15(23)17-21-16(22-24-17)13-5-2-3-6-14(13)19/h2-3,5-6,15,20H,4,7-12H2,1H3. The molecule has 1 N–H and O–H groups in total. The largest absolute Gasteiger partial charge is 0.337 e. The predicted octanol–water partition coefficient (Wildman–Crippen LogP) is 3.64. The fourth-order valence-electron chi connectivity index (χ4n) is 3.91. The van der Waals surface area contributed by atoms with E-state index in [9.17, 15) is 0 Å². The minimum absolute atomic E-state index is 0.256. The van der Waals surface area contributed by atoms with E-state index in [0.29, 0.717) is 11.2 Å². The van der Waals surface area contributed by atoms with E-state index >= 15 is 0 Å². The number of hydrogen-bond donors (Lipinski definition) is 1. The number of aromatic nitrogens is 2. The molecule has 128 valence electrons. The molecule has 0 spiro atoms. The van der Waals surface area contributed by atoms with Crippen molar-refractivity contribution in [2.24, 2.45) is 5.41 Å².